The van der Waals surface area contributed by atoms with Gasteiger partial charge in [0.25, 0.3) is 5.91 Å². The van der Waals surface area contributed by atoms with Crippen LogP contribution in [0.4, 0.5) is 5.69 Å². The number of rotatable bonds is 5. The number of nitrogens with one attached hydrogen (secondary N) is 1. The minimum atomic E-state index is -0.757. The third kappa shape index (κ3) is 4.87. The van der Waals surface area contributed by atoms with Gasteiger partial charge in [0, 0.05) is 21.3 Å². The standard InChI is InChI=1S/C16H14Cl2N2O3/c1-9(23-14-4-2-10(3-5-14)15(19)21)16(22)20-13-7-11(17)6-12(18)8-13/h2-9H,1H3,(H2,19,21)(H,20,22)/t9-/m1/s1. The minimum absolute atomic E-state index is 0.359. The van der Waals surface area contributed by atoms with Gasteiger partial charge in [-0.1, -0.05) is 23.2 Å². The van der Waals surface area contributed by atoms with Crippen LogP contribution in [-0.2, 0) is 4.79 Å². The summed E-state index contributed by atoms with van der Waals surface area (Å²) >= 11 is 11.8. The molecule has 7 heteroatoms. The Morgan fingerprint density at radius 1 is 1.09 bits per heavy atom. The minimum Gasteiger partial charge on any atom is -0.481 e. The molecule has 23 heavy (non-hydrogen) atoms. The number of nitrogens with two attached hydrogens (primary N) is 1. The second-order valence-corrected chi connectivity index (χ2v) is 5.67. The molecule has 1 atom stereocenters. The Kier molecular flexibility index (Phi) is 5.47. The van der Waals surface area contributed by atoms with Gasteiger partial charge >= 0.3 is 0 Å². The van der Waals surface area contributed by atoms with E-state index in [2.05, 4.69) is 5.32 Å². The van der Waals surface area contributed by atoms with Crippen LogP contribution in [0.3, 0.4) is 0 Å². The van der Waals surface area contributed by atoms with Crippen molar-refractivity contribution in [3.63, 3.8) is 0 Å². The molecule has 0 spiro atoms. The van der Waals surface area contributed by atoms with E-state index in [1.807, 2.05) is 0 Å². The molecule has 0 saturated carbocycles. The number of benzene rings is 2. The number of hydrogen-bond donors (Lipinski definition) is 2. The Morgan fingerprint density at radius 2 is 1.65 bits per heavy atom. The number of amides is 2. The lowest BCUT2D eigenvalue weighted by atomic mass is 10.2. The molecule has 2 rings (SSSR count). The van der Waals surface area contributed by atoms with Gasteiger partial charge in [0.05, 0.1) is 0 Å². The van der Waals surface area contributed by atoms with Gasteiger partial charge in [-0.05, 0) is 49.4 Å². The molecule has 0 aliphatic carbocycles. The fraction of sp³-hybridized carbons (Fsp3) is 0.125. The molecule has 2 aromatic rings. The Bertz CT molecular complexity index is 712. The van der Waals surface area contributed by atoms with E-state index < -0.39 is 12.0 Å². The SMILES string of the molecule is C[C@@H](Oc1ccc(C(N)=O)cc1)C(=O)Nc1cc(Cl)cc(Cl)c1. The zero-order valence-corrected chi connectivity index (χ0v) is 13.7. The molecule has 2 amide bonds. The van der Waals surface area contributed by atoms with Crippen molar-refractivity contribution in [2.75, 3.05) is 5.32 Å². The van der Waals surface area contributed by atoms with Crippen LogP contribution in [0.25, 0.3) is 0 Å². The van der Waals surface area contributed by atoms with Crippen molar-refractivity contribution in [3.8, 4) is 5.75 Å². The highest BCUT2D eigenvalue weighted by Crippen LogP contribution is 2.23. The van der Waals surface area contributed by atoms with Crippen LogP contribution in [0.2, 0.25) is 10.0 Å². The van der Waals surface area contributed by atoms with E-state index >= 15 is 0 Å². The molecular weight excluding hydrogens is 339 g/mol. The van der Waals surface area contributed by atoms with E-state index in [1.165, 1.54) is 12.1 Å². The average Bonchev–Trinajstić information content (AvgIpc) is 2.46. The molecule has 3 N–H and O–H groups in total. The second-order valence-electron chi connectivity index (χ2n) is 4.80. The summed E-state index contributed by atoms with van der Waals surface area (Å²) in [6.07, 6.45) is -0.757. The topological polar surface area (TPSA) is 81.4 Å². The van der Waals surface area contributed by atoms with Crippen LogP contribution in [-0.4, -0.2) is 17.9 Å². The van der Waals surface area contributed by atoms with Crippen molar-refractivity contribution in [2.45, 2.75) is 13.0 Å². The second kappa shape index (κ2) is 7.35. The van der Waals surface area contributed by atoms with E-state index in [-0.39, 0.29) is 5.91 Å². The maximum absolute atomic E-state index is 12.1. The Labute approximate surface area is 143 Å². The summed E-state index contributed by atoms with van der Waals surface area (Å²) in [6, 6.07) is 10.9. The summed E-state index contributed by atoms with van der Waals surface area (Å²) in [5, 5.41) is 3.51. The van der Waals surface area contributed by atoms with Gasteiger partial charge in [-0.2, -0.15) is 0 Å². The zero-order valence-electron chi connectivity index (χ0n) is 12.2. The molecule has 5 nitrogen and oxygen atoms in total. The van der Waals surface area contributed by atoms with E-state index in [9.17, 15) is 9.59 Å². The first-order valence-electron chi connectivity index (χ1n) is 6.68. The zero-order chi connectivity index (χ0) is 17.0. The fourth-order valence-electron chi connectivity index (χ4n) is 1.83. The molecule has 2 aromatic carbocycles. The number of ether oxygens (including phenoxy) is 1. The van der Waals surface area contributed by atoms with Crippen molar-refractivity contribution >= 4 is 40.7 Å². The number of primary amides is 1. The van der Waals surface area contributed by atoms with Gasteiger partial charge in [-0.25, -0.2) is 0 Å². The largest absolute Gasteiger partial charge is 0.481 e. The van der Waals surface area contributed by atoms with Crippen molar-refractivity contribution in [3.05, 3.63) is 58.1 Å². The normalized spacial score (nSPS) is 11.6. The van der Waals surface area contributed by atoms with Crippen LogP contribution in [0, 0.1) is 0 Å². The number of anilines is 1. The number of carbonyl (C=O) groups is 2. The lowest BCUT2D eigenvalue weighted by molar-refractivity contribution is -0.122. The van der Waals surface area contributed by atoms with Gasteiger partial charge in [-0.15, -0.1) is 0 Å². The van der Waals surface area contributed by atoms with Gasteiger partial charge in [-0.3, -0.25) is 9.59 Å². The van der Waals surface area contributed by atoms with Crippen molar-refractivity contribution in [2.24, 2.45) is 5.73 Å². The quantitative estimate of drug-likeness (QED) is 0.863. The highest BCUT2D eigenvalue weighted by Gasteiger charge is 2.15. The summed E-state index contributed by atoms with van der Waals surface area (Å²) in [5.74, 6) is -0.440. The number of hydrogen-bond acceptors (Lipinski definition) is 3. The van der Waals surface area contributed by atoms with Gasteiger partial charge in [0.15, 0.2) is 6.10 Å². The number of halogens is 2. The molecule has 0 fully saturated rings. The lowest BCUT2D eigenvalue weighted by Crippen LogP contribution is -2.30. The maximum Gasteiger partial charge on any atom is 0.265 e. The van der Waals surface area contributed by atoms with Gasteiger partial charge < -0.3 is 15.8 Å². The summed E-state index contributed by atoms with van der Waals surface area (Å²) in [4.78, 5) is 23.1. The van der Waals surface area contributed by atoms with Crippen LogP contribution in [0.5, 0.6) is 5.75 Å². The highest BCUT2D eigenvalue weighted by molar-refractivity contribution is 6.35. The average molecular weight is 353 g/mol. The number of carbonyl (C=O) groups excluding carboxylic acids is 2. The third-order valence-corrected chi connectivity index (χ3v) is 3.39. The van der Waals surface area contributed by atoms with E-state index in [4.69, 9.17) is 33.7 Å². The fourth-order valence-corrected chi connectivity index (χ4v) is 2.35. The first-order valence-corrected chi connectivity index (χ1v) is 7.44. The predicted octanol–water partition coefficient (Wildman–Crippen LogP) is 3.50. The van der Waals surface area contributed by atoms with Crippen molar-refractivity contribution in [1.29, 1.82) is 0 Å². The molecule has 0 aromatic heterocycles. The summed E-state index contributed by atoms with van der Waals surface area (Å²) < 4.78 is 5.51. The molecular formula is C16H14Cl2N2O3. The maximum atomic E-state index is 12.1. The molecule has 0 unspecified atom stereocenters. The van der Waals surface area contributed by atoms with Crippen LogP contribution < -0.4 is 15.8 Å². The monoisotopic (exact) mass is 352 g/mol. The molecule has 0 heterocycles. The summed E-state index contributed by atoms with van der Waals surface area (Å²) in [6.45, 7) is 1.60. The van der Waals surface area contributed by atoms with Gasteiger partial charge in [0.2, 0.25) is 5.91 Å². The Hall–Kier alpha value is -2.24. The Morgan fingerprint density at radius 3 is 2.17 bits per heavy atom. The first-order chi connectivity index (χ1) is 10.8. The molecule has 120 valence electrons. The summed E-state index contributed by atoms with van der Waals surface area (Å²) in [5.41, 5.74) is 6.00. The third-order valence-electron chi connectivity index (χ3n) is 2.95. The van der Waals surface area contributed by atoms with Crippen molar-refractivity contribution < 1.29 is 14.3 Å². The van der Waals surface area contributed by atoms with E-state index in [1.54, 1.807) is 37.3 Å². The van der Waals surface area contributed by atoms with Crippen LogP contribution in [0.1, 0.15) is 17.3 Å². The van der Waals surface area contributed by atoms with Crippen LogP contribution in [0.15, 0.2) is 42.5 Å². The molecule has 0 radical (unpaired) electrons. The van der Waals surface area contributed by atoms with Gasteiger partial charge in [0.1, 0.15) is 5.75 Å². The molecule has 0 bridgehead atoms. The highest BCUT2D eigenvalue weighted by atomic mass is 35.5. The first kappa shape index (κ1) is 17.1. The van der Waals surface area contributed by atoms with Crippen LogP contribution >= 0.6 is 23.2 Å². The van der Waals surface area contributed by atoms with E-state index in [0.29, 0.717) is 27.0 Å². The smallest absolute Gasteiger partial charge is 0.265 e. The Balaban J connectivity index is 2.00. The lowest BCUT2D eigenvalue weighted by Gasteiger charge is -2.15. The predicted molar refractivity (Wildman–Crippen MR) is 90.1 cm³/mol. The van der Waals surface area contributed by atoms with E-state index in [0.717, 1.165) is 0 Å². The summed E-state index contributed by atoms with van der Waals surface area (Å²) in [7, 11) is 0. The molecule has 0 saturated heterocycles. The molecule has 0 aliphatic rings. The molecule has 0 aliphatic heterocycles. The van der Waals surface area contributed by atoms with Crippen molar-refractivity contribution in [1.82, 2.24) is 0 Å².